The van der Waals surface area contributed by atoms with Crippen molar-refractivity contribution in [1.29, 1.82) is 5.26 Å². The Morgan fingerprint density at radius 2 is 2.09 bits per heavy atom. The van der Waals surface area contributed by atoms with Gasteiger partial charge in [0, 0.05) is 18.9 Å². The summed E-state index contributed by atoms with van der Waals surface area (Å²) in [4.78, 5) is 15.1. The molecule has 0 atom stereocenters. The second-order valence-corrected chi connectivity index (χ2v) is 5.36. The van der Waals surface area contributed by atoms with Gasteiger partial charge < -0.3 is 0 Å². The van der Waals surface area contributed by atoms with E-state index in [4.69, 9.17) is 5.26 Å². The average Bonchev–Trinajstić information content (AvgIpc) is 2.47. The molecule has 2 aromatic rings. The van der Waals surface area contributed by atoms with E-state index in [1.54, 1.807) is 24.3 Å². The number of hydrogen-bond donors (Lipinski definition) is 0. The minimum absolute atomic E-state index is 0.0258. The lowest BCUT2D eigenvalue weighted by atomic mass is 10.2. The number of nitrogens with zero attached hydrogens (tertiary/aromatic N) is 3. The zero-order valence-electron chi connectivity index (χ0n) is 11.4. The zero-order chi connectivity index (χ0) is 16.3. The van der Waals surface area contributed by atoms with Crippen LogP contribution in [0.3, 0.4) is 0 Å². The molecule has 0 saturated carbocycles. The van der Waals surface area contributed by atoms with Crippen LogP contribution >= 0.6 is 11.8 Å². The molecule has 1 aromatic carbocycles. The summed E-state index contributed by atoms with van der Waals surface area (Å²) in [7, 11) is 1.36. The van der Waals surface area contributed by atoms with Crippen LogP contribution in [0.4, 0.5) is 13.2 Å². The van der Waals surface area contributed by atoms with Crippen LogP contribution in [0.15, 0.2) is 40.3 Å². The van der Waals surface area contributed by atoms with Gasteiger partial charge in [-0.1, -0.05) is 23.9 Å². The van der Waals surface area contributed by atoms with Crippen molar-refractivity contribution < 1.29 is 13.2 Å². The normalized spacial score (nSPS) is 11.2. The molecule has 0 saturated heterocycles. The van der Waals surface area contributed by atoms with E-state index in [-0.39, 0.29) is 5.16 Å². The Morgan fingerprint density at radius 1 is 1.36 bits per heavy atom. The van der Waals surface area contributed by atoms with E-state index in [2.05, 4.69) is 4.98 Å². The Morgan fingerprint density at radius 3 is 2.73 bits per heavy atom. The van der Waals surface area contributed by atoms with E-state index < -0.39 is 17.4 Å². The molecule has 2 rings (SSSR count). The van der Waals surface area contributed by atoms with E-state index in [1.807, 2.05) is 6.07 Å². The predicted octanol–water partition coefficient (Wildman–Crippen LogP) is 2.96. The molecule has 1 aromatic heterocycles. The van der Waals surface area contributed by atoms with Crippen LogP contribution in [0.1, 0.15) is 16.8 Å². The van der Waals surface area contributed by atoms with E-state index >= 15 is 0 Å². The van der Waals surface area contributed by atoms with Crippen molar-refractivity contribution in [3.63, 3.8) is 0 Å². The lowest BCUT2D eigenvalue weighted by Gasteiger charge is -2.11. The van der Waals surface area contributed by atoms with Gasteiger partial charge in [-0.15, -0.1) is 0 Å². The summed E-state index contributed by atoms with van der Waals surface area (Å²) >= 11 is 1.01. The number of hydrogen-bond acceptors (Lipinski definition) is 4. The Kier molecular flexibility index (Phi) is 4.56. The maximum Gasteiger partial charge on any atom is 0.433 e. The van der Waals surface area contributed by atoms with Crippen molar-refractivity contribution in [2.45, 2.75) is 17.1 Å². The first-order valence-corrected chi connectivity index (χ1v) is 7.07. The van der Waals surface area contributed by atoms with E-state index in [0.717, 1.165) is 21.9 Å². The van der Waals surface area contributed by atoms with E-state index in [1.165, 1.54) is 7.05 Å². The molecule has 0 spiro atoms. The number of halogens is 3. The summed E-state index contributed by atoms with van der Waals surface area (Å²) < 4.78 is 39.1. The maximum absolute atomic E-state index is 12.7. The minimum atomic E-state index is -4.66. The molecule has 0 amide bonds. The van der Waals surface area contributed by atoms with Gasteiger partial charge in [0.1, 0.15) is 0 Å². The van der Waals surface area contributed by atoms with Gasteiger partial charge in [-0.2, -0.15) is 18.4 Å². The Hall–Kier alpha value is -2.27. The lowest BCUT2D eigenvalue weighted by molar-refractivity contribution is -0.141. The molecule has 22 heavy (non-hydrogen) atoms. The number of nitriles is 1. The molecule has 0 aliphatic carbocycles. The highest BCUT2D eigenvalue weighted by molar-refractivity contribution is 7.98. The summed E-state index contributed by atoms with van der Waals surface area (Å²) in [5.74, 6) is 0.303. The Labute approximate surface area is 128 Å². The molecular weight excluding hydrogens is 315 g/mol. The fourth-order valence-electron chi connectivity index (χ4n) is 1.67. The summed E-state index contributed by atoms with van der Waals surface area (Å²) in [6.45, 7) is 0. The SMILES string of the molecule is Cn1c(SCc2cccc(C#N)c2)nc(C(F)(F)F)cc1=O. The molecule has 1 heterocycles. The van der Waals surface area contributed by atoms with Crippen LogP contribution < -0.4 is 5.56 Å². The van der Waals surface area contributed by atoms with Crippen molar-refractivity contribution in [3.8, 4) is 6.07 Å². The lowest BCUT2D eigenvalue weighted by Crippen LogP contribution is -2.23. The summed E-state index contributed by atoms with van der Waals surface area (Å²) in [5.41, 5.74) is -0.751. The number of alkyl halides is 3. The Bertz CT molecular complexity index is 793. The first-order valence-electron chi connectivity index (χ1n) is 6.08. The molecule has 0 N–H and O–H groups in total. The maximum atomic E-state index is 12.7. The van der Waals surface area contributed by atoms with Crippen molar-refractivity contribution in [3.05, 3.63) is 57.5 Å². The quantitative estimate of drug-likeness (QED) is 0.643. The standard InChI is InChI=1S/C14H10F3N3OS/c1-20-12(21)6-11(14(15,16)17)19-13(20)22-8-10-4-2-3-9(5-10)7-18/h2-6H,8H2,1H3. The van der Waals surface area contributed by atoms with Crippen LogP contribution in [0.5, 0.6) is 0 Å². The van der Waals surface area contributed by atoms with Gasteiger partial charge in [-0.05, 0) is 17.7 Å². The highest BCUT2D eigenvalue weighted by atomic mass is 32.2. The van der Waals surface area contributed by atoms with Gasteiger partial charge >= 0.3 is 6.18 Å². The van der Waals surface area contributed by atoms with Crippen molar-refractivity contribution in [2.75, 3.05) is 0 Å². The first kappa shape index (κ1) is 16.1. The highest BCUT2D eigenvalue weighted by Crippen LogP contribution is 2.28. The fourth-order valence-corrected chi connectivity index (χ4v) is 2.59. The van der Waals surface area contributed by atoms with Gasteiger partial charge in [0.15, 0.2) is 10.9 Å². The van der Waals surface area contributed by atoms with Crippen molar-refractivity contribution >= 4 is 11.8 Å². The van der Waals surface area contributed by atoms with Gasteiger partial charge in [0.2, 0.25) is 0 Å². The molecular formula is C14H10F3N3OS. The first-order chi connectivity index (χ1) is 10.3. The molecule has 0 bridgehead atoms. The second kappa shape index (κ2) is 6.23. The number of thioether (sulfide) groups is 1. The monoisotopic (exact) mass is 325 g/mol. The van der Waals surface area contributed by atoms with Crippen LogP contribution in [-0.4, -0.2) is 9.55 Å². The van der Waals surface area contributed by atoms with Crippen LogP contribution in [0.2, 0.25) is 0 Å². The van der Waals surface area contributed by atoms with Crippen LogP contribution in [-0.2, 0) is 19.0 Å². The molecule has 0 aliphatic rings. The van der Waals surface area contributed by atoms with Crippen LogP contribution in [0.25, 0.3) is 0 Å². The van der Waals surface area contributed by atoms with Gasteiger partial charge in [-0.3, -0.25) is 9.36 Å². The molecule has 0 fully saturated rings. The topological polar surface area (TPSA) is 58.7 Å². The molecule has 0 unspecified atom stereocenters. The summed E-state index contributed by atoms with van der Waals surface area (Å²) in [5, 5.41) is 8.79. The van der Waals surface area contributed by atoms with Gasteiger partial charge in [-0.25, -0.2) is 4.98 Å². The minimum Gasteiger partial charge on any atom is -0.291 e. The molecule has 4 nitrogen and oxygen atoms in total. The highest BCUT2D eigenvalue weighted by Gasteiger charge is 2.33. The zero-order valence-corrected chi connectivity index (χ0v) is 12.2. The third-order valence-corrected chi connectivity index (χ3v) is 3.91. The number of rotatable bonds is 3. The number of benzene rings is 1. The smallest absolute Gasteiger partial charge is 0.291 e. The molecule has 114 valence electrons. The predicted molar refractivity (Wildman–Crippen MR) is 75.2 cm³/mol. The second-order valence-electron chi connectivity index (χ2n) is 4.42. The van der Waals surface area contributed by atoms with Crippen molar-refractivity contribution in [2.24, 2.45) is 7.05 Å². The largest absolute Gasteiger partial charge is 0.433 e. The average molecular weight is 325 g/mol. The molecule has 0 aliphatic heterocycles. The van der Waals surface area contributed by atoms with Crippen molar-refractivity contribution in [1.82, 2.24) is 9.55 Å². The Balaban J connectivity index is 2.28. The van der Waals surface area contributed by atoms with Gasteiger partial charge in [0.25, 0.3) is 5.56 Å². The fraction of sp³-hybridized carbons (Fsp3) is 0.214. The van der Waals surface area contributed by atoms with Gasteiger partial charge in [0.05, 0.1) is 11.6 Å². The summed E-state index contributed by atoms with van der Waals surface area (Å²) in [6.07, 6.45) is -4.66. The third-order valence-electron chi connectivity index (χ3n) is 2.81. The third kappa shape index (κ3) is 3.68. The number of aromatic nitrogens is 2. The molecule has 8 heteroatoms. The summed E-state index contributed by atoms with van der Waals surface area (Å²) in [6, 6.07) is 9.16. The van der Waals surface area contributed by atoms with E-state index in [9.17, 15) is 18.0 Å². The molecule has 0 radical (unpaired) electrons. The van der Waals surface area contributed by atoms with E-state index in [0.29, 0.717) is 17.4 Å². The van der Waals surface area contributed by atoms with Crippen LogP contribution in [0, 0.1) is 11.3 Å².